The van der Waals surface area contributed by atoms with Crippen LogP contribution in [-0.2, 0) is 24.0 Å². The molecule has 10 heteroatoms. The Kier molecular flexibility index (Phi) is 3.45. The molecule has 1 aromatic carbocycles. The van der Waals surface area contributed by atoms with Crippen LogP contribution in [0.15, 0.2) is 29.2 Å². The normalized spacial score (nSPS) is 30.8. The zero-order chi connectivity index (χ0) is 17.9. The molecule has 132 valence electrons. The molecular formula is C15H14N2O7S. The largest absolute Gasteiger partial charge is 0.318 e. The molecule has 0 unspecified atom stereocenters. The average Bonchev–Trinajstić information content (AvgIpc) is 3.25. The first kappa shape index (κ1) is 16.2. The fourth-order valence-electron chi connectivity index (χ4n) is 4.35. The van der Waals surface area contributed by atoms with Gasteiger partial charge in [0.2, 0.25) is 0 Å². The maximum absolute atomic E-state index is 12.5. The highest BCUT2D eigenvalue weighted by atomic mass is 32.2. The number of hydroxylamine groups is 2. The predicted octanol–water partition coefficient (Wildman–Crippen LogP) is 1.25. The first-order valence-electron chi connectivity index (χ1n) is 7.86. The Bertz CT molecular complexity index is 869. The van der Waals surface area contributed by atoms with E-state index in [1.165, 1.54) is 6.07 Å². The quantitative estimate of drug-likeness (QED) is 0.446. The molecule has 0 N–H and O–H groups in total. The molecule has 2 amide bonds. The van der Waals surface area contributed by atoms with E-state index in [-0.39, 0.29) is 11.8 Å². The highest BCUT2D eigenvalue weighted by Crippen LogP contribution is 2.56. The lowest BCUT2D eigenvalue weighted by Gasteiger charge is -2.18. The summed E-state index contributed by atoms with van der Waals surface area (Å²) < 4.78 is 29.5. The van der Waals surface area contributed by atoms with Crippen LogP contribution in [0.1, 0.15) is 19.3 Å². The Labute approximate surface area is 142 Å². The fraction of sp³-hybridized carbons (Fsp3) is 0.467. The summed E-state index contributed by atoms with van der Waals surface area (Å²) in [7, 11) is -4.53. The standard InChI is InChI=1S/C15H14N2O7S/c18-14-12-8-4-5-9(6-8)13(12)15(19)16(14)24-25(22,23)11-3-1-2-10(7-11)17(20)21/h1-3,7-9,12-13H,4-6H2/t8-,9-,12+,13+/m0/s1. The van der Waals surface area contributed by atoms with Crippen molar-refractivity contribution in [3.63, 3.8) is 0 Å². The number of nitro benzene ring substituents is 1. The van der Waals surface area contributed by atoms with E-state index in [9.17, 15) is 28.1 Å². The van der Waals surface area contributed by atoms with Crippen molar-refractivity contribution in [3.8, 4) is 0 Å². The van der Waals surface area contributed by atoms with Gasteiger partial charge in [-0.05, 0) is 37.2 Å². The lowest BCUT2D eigenvalue weighted by Crippen LogP contribution is -2.35. The van der Waals surface area contributed by atoms with Crippen molar-refractivity contribution in [2.24, 2.45) is 23.7 Å². The van der Waals surface area contributed by atoms with Crippen LogP contribution in [0.25, 0.3) is 0 Å². The molecule has 1 heterocycles. The molecule has 0 radical (unpaired) electrons. The fourth-order valence-corrected chi connectivity index (χ4v) is 5.29. The molecular weight excluding hydrogens is 352 g/mol. The molecule has 4 rings (SSSR count). The van der Waals surface area contributed by atoms with E-state index in [1.54, 1.807) is 0 Å². The van der Waals surface area contributed by atoms with Crippen LogP contribution in [0.3, 0.4) is 0 Å². The van der Waals surface area contributed by atoms with Gasteiger partial charge in [-0.3, -0.25) is 19.7 Å². The SMILES string of the molecule is O=C1[C@@H]2[C@H]3CC[C@@H](C3)[C@H]2C(=O)N1OS(=O)(=O)c1cccc([N+](=O)[O-])c1. The molecule has 2 bridgehead atoms. The number of carbonyl (C=O) groups is 2. The molecule has 0 spiro atoms. The topological polar surface area (TPSA) is 124 Å². The van der Waals surface area contributed by atoms with Gasteiger partial charge in [0.15, 0.2) is 0 Å². The number of nitrogens with zero attached hydrogens (tertiary/aromatic N) is 2. The van der Waals surface area contributed by atoms with Crippen molar-refractivity contribution in [2.75, 3.05) is 0 Å². The molecule has 1 aromatic rings. The van der Waals surface area contributed by atoms with Gasteiger partial charge in [0.25, 0.3) is 17.5 Å². The second kappa shape index (κ2) is 5.33. The van der Waals surface area contributed by atoms with Crippen LogP contribution in [0, 0.1) is 33.8 Å². The third-order valence-electron chi connectivity index (χ3n) is 5.38. The number of nitro groups is 1. The van der Waals surface area contributed by atoms with Gasteiger partial charge in [0.1, 0.15) is 4.90 Å². The summed E-state index contributed by atoms with van der Waals surface area (Å²) in [4.78, 5) is 34.5. The molecule has 2 aliphatic carbocycles. The highest BCUT2D eigenvalue weighted by Gasteiger charge is 2.62. The van der Waals surface area contributed by atoms with Crippen molar-refractivity contribution < 1.29 is 27.2 Å². The molecule has 25 heavy (non-hydrogen) atoms. The Balaban J connectivity index is 1.61. The summed E-state index contributed by atoms with van der Waals surface area (Å²) in [5, 5.41) is 11.1. The zero-order valence-electron chi connectivity index (χ0n) is 12.9. The van der Waals surface area contributed by atoms with E-state index in [0.29, 0.717) is 5.06 Å². The predicted molar refractivity (Wildman–Crippen MR) is 81.0 cm³/mol. The lowest BCUT2D eigenvalue weighted by molar-refractivity contribution is -0.385. The van der Waals surface area contributed by atoms with Gasteiger partial charge in [0, 0.05) is 12.1 Å². The van der Waals surface area contributed by atoms with Gasteiger partial charge in [-0.2, -0.15) is 8.42 Å². The van der Waals surface area contributed by atoms with Crippen LogP contribution in [0.5, 0.6) is 0 Å². The zero-order valence-corrected chi connectivity index (χ0v) is 13.7. The number of fused-ring (bicyclic) bond motifs is 5. The molecule has 0 aromatic heterocycles. The molecule has 2 saturated carbocycles. The van der Waals surface area contributed by atoms with E-state index < -0.39 is 49.3 Å². The molecule has 4 atom stereocenters. The Morgan fingerprint density at radius 3 is 2.28 bits per heavy atom. The summed E-state index contributed by atoms with van der Waals surface area (Å²) in [5.41, 5.74) is -0.432. The monoisotopic (exact) mass is 366 g/mol. The average molecular weight is 366 g/mol. The van der Waals surface area contributed by atoms with Crippen LogP contribution in [-0.4, -0.2) is 30.2 Å². The number of non-ortho nitro benzene ring substituents is 1. The summed E-state index contributed by atoms with van der Waals surface area (Å²) in [6.45, 7) is 0. The van der Waals surface area contributed by atoms with Gasteiger partial charge in [0.05, 0.1) is 16.8 Å². The summed E-state index contributed by atoms with van der Waals surface area (Å²) in [6.07, 6.45) is 2.53. The van der Waals surface area contributed by atoms with Crippen molar-refractivity contribution in [1.29, 1.82) is 0 Å². The highest BCUT2D eigenvalue weighted by molar-refractivity contribution is 7.86. The van der Waals surface area contributed by atoms with E-state index in [1.807, 2.05) is 0 Å². The summed E-state index contributed by atoms with van der Waals surface area (Å²) >= 11 is 0. The molecule has 1 saturated heterocycles. The van der Waals surface area contributed by atoms with E-state index in [4.69, 9.17) is 4.28 Å². The number of carbonyl (C=O) groups excluding carboxylic acids is 2. The molecule has 9 nitrogen and oxygen atoms in total. The summed E-state index contributed by atoms with van der Waals surface area (Å²) in [6, 6.07) is 4.26. The third kappa shape index (κ3) is 2.35. The Morgan fingerprint density at radius 1 is 1.12 bits per heavy atom. The number of benzene rings is 1. The maximum Gasteiger partial charge on any atom is 0.318 e. The summed E-state index contributed by atoms with van der Waals surface area (Å²) in [5.74, 6) is -2.08. The molecule has 3 aliphatic rings. The first-order valence-corrected chi connectivity index (χ1v) is 9.27. The first-order chi connectivity index (χ1) is 11.8. The van der Waals surface area contributed by atoms with E-state index in [2.05, 4.69) is 0 Å². The molecule has 3 fully saturated rings. The van der Waals surface area contributed by atoms with E-state index >= 15 is 0 Å². The van der Waals surface area contributed by atoms with E-state index in [0.717, 1.165) is 37.5 Å². The number of amides is 2. The second-order valence-electron chi connectivity index (χ2n) is 6.64. The third-order valence-corrected chi connectivity index (χ3v) is 6.55. The van der Waals surface area contributed by atoms with Crippen molar-refractivity contribution in [2.45, 2.75) is 24.2 Å². The second-order valence-corrected chi connectivity index (χ2v) is 8.17. The minimum absolute atomic E-state index is 0.0977. The maximum atomic E-state index is 12.5. The molecule has 1 aliphatic heterocycles. The van der Waals surface area contributed by atoms with Crippen LogP contribution < -0.4 is 0 Å². The van der Waals surface area contributed by atoms with Crippen molar-refractivity contribution in [1.82, 2.24) is 5.06 Å². The Morgan fingerprint density at radius 2 is 1.72 bits per heavy atom. The van der Waals surface area contributed by atoms with Crippen LogP contribution >= 0.6 is 0 Å². The van der Waals surface area contributed by atoms with Crippen LogP contribution in [0.2, 0.25) is 0 Å². The minimum atomic E-state index is -4.53. The van der Waals surface area contributed by atoms with Crippen molar-refractivity contribution >= 4 is 27.6 Å². The van der Waals surface area contributed by atoms with Gasteiger partial charge in [-0.1, -0.05) is 6.07 Å². The minimum Gasteiger partial charge on any atom is -0.272 e. The lowest BCUT2D eigenvalue weighted by atomic mass is 9.81. The van der Waals surface area contributed by atoms with Gasteiger partial charge in [-0.15, -0.1) is 9.35 Å². The van der Waals surface area contributed by atoms with Crippen LogP contribution in [0.4, 0.5) is 5.69 Å². The van der Waals surface area contributed by atoms with Gasteiger partial charge >= 0.3 is 10.1 Å². The number of rotatable bonds is 4. The number of hydrogen-bond donors (Lipinski definition) is 0. The smallest absolute Gasteiger partial charge is 0.272 e. The van der Waals surface area contributed by atoms with Crippen molar-refractivity contribution in [3.05, 3.63) is 34.4 Å². The Hall–Kier alpha value is -2.33. The number of imide groups is 1. The van der Waals surface area contributed by atoms with Gasteiger partial charge in [-0.25, -0.2) is 0 Å². The number of hydrogen-bond acceptors (Lipinski definition) is 7. The van der Waals surface area contributed by atoms with Gasteiger partial charge < -0.3 is 0 Å².